The van der Waals surface area contributed by atoms with E-state index < -0.39 is 5.82 Å². The lowest BCUT2D eigenvalue weighted by atomic mass is 10.1. The molecule has 0 aliphatic heterocycles. The predicted octanol–water partition coefficient (Wildman–Crippen LogP) is 4.92. The van der Waals surface area contributed by atoms with Gasteiger partial charge in [-0.3, -0.25) is 4.79 Å². The van der Waals surface area contributed by atoms with Crippen LogP contribution in [0, 0.1) is 5.82 Å². The maximum absolute atomic E-state index is 13.6. The summed E-state index contributed by atoms with van der Waals surface area (Å²) in [7, 11) is 0. The molecule has 20 heavy (non-hydrogen) atoms. The number of anilines is 1. The van der Waals surface area contributed by atoms with Gasteiger partial charge in [-0.1, -0.05) is 44.0 Å². The molecule has 104 valence electrons. The summed E-state index contributed by atoms with van der Waals surface area (Å²) < 4.78 is 15.2. The molecular weight excluding hydrogens is 389 g/mol. The van der Waals surface area contributed by atoms with E-state index in [0.29, 0.717) is 17.3 Å². The Morgan fingerprint density at radius 1 is 1.10 bits per heavy atom. The lowest BCUT2D eigenvalue weighted by Gasteiger charge is -2.07. The third-order valence-electron chi connectivity index (χ3n) is 2.73. The van der Waals surface area contributed by atoms with Crippen molar-refractivity contribution in [3.8, 4) is 0 Å². The molecule has 0 unspecified atom stereocenters. The summed E-state index contributed by atoms with van der Waals surface area (Å²) in [5.74, 6) is -0.652. The van der Waals surface area contributed by atoms with Crippen molar-refractivity contribution in [1.82, 2.24) is 0 Å². The van der Waals surface area contributed by atoms with Gasteiger partial charge in [0.2, 0.25) is 5.91 Å². The second-order valence-electron chi connectivity index (χ2n) is 4.30. The smallest absolute Gasteiger partial charge is 0.224 e. The maximum Gasteiger partial charge on any atom is 0.224 e. The second kappa shape index (κ2) is 6.99. The Balaban J connectivity index is 1.92. The summed E-state index contributed by atoms with van der Waals surface area (Å²) in [5.41, 5.74) is 1.26. The molecule has 0 atom stereocenters. The first-order valence-electron chi connectivity index (χ1n) is 6.04. The van der Waals surface area contributed by atoms with E-state index in [9.17, 15) is 9.18 Å². The molecule has 0 saturated heterocycles. The zero-order chi connectivity index (χ0) is 14.5. The Morgan fingerprint density at radius 3 is 2.55 bits per heavy atom. The molecule has 0 aliphatic rings. The van der Waals surface area contributed by atoms with Gasteiger partial charge in [-0.05, 0) is 42.3 Å². The largest absolute Gasteiger partial charge is 0.324 e. The van der Waals surface area contributed by atoms with Gasteiger partial charge in [0.05, 0.1) is 5.69 Å². The molecule has 0 bridgehead atoms. The minimum atomic E-state index is -0.449. The molecule has 5 heteroatoms. The van der Waals surface area contributed by atoms with Crippen LogP contribution in [-0.4, -0.2) is 5.91 Å². The van der Waals surface area contributed by atoms with Crippen molar-refractivity contribution >= 4 is 43.5 Å². The van der Waals surface area contributed by atoms with Gasteiger partial charge in [0.25, 0.3) is 0 Å². The van der Waals surface area contributed by atoms with Gasteiger partial charge in [0.1, 0.15) is 5.82 Å². The van der Waals surface area contributed by atoms with Gasteiger partial charge in [0.15, 0.2) is 0 Å². The molecule has 2 nitrogen and oxygen atoms in total. The Hall–Kier alpha value is -1.20. The zero-order valence-electron chi connectivity index (χ0n) is 10.5. The maximum atomic E-state index is 13.6. The van der Waals surface area contributed by atoms with Crippen molar-refractivity contribution in [2.24, 2.45) is 0 Å². The average molecular weight is 401 g/mol. The fourth-order valence-electron chi connectivity index (χ4n) is 1.75. The van der Waals surface area contributed by atoms with Crippen LogP contribution in [0.15, 0.2) is 51.4 Å². The van der Waals surface area contributed by atoms with Crippen molar-refractivity contribution in [2.45, 2.75) is 12.8 Å². The van der Waals surface area contributed by atoms with Crippen LogP contribution < -0.4 is 5.32 Å². The standard InChI is InChI=1S/C15H12Br2FNO/c16-11-3-1-2-10(8-11)4-7-15(20)19-14-6-5-12(17)9-13(14)18/h1-3,5-6,8-9H,4,7H2,(H,19,20). The molecule has 0 spiro atoms. The normalized spacial score (nSPS) is 10.3. The fraction of sp³-hybridized carbons (Fsp3) is 0.133. The van der Waals surface area contributed by atoms with Crippen LogP contribution in [0.4, 0.5) is 10.1 Å². The van der Waals surface area contributed by atoms with Crippen LogP contribution in [-0.2, 0) is 11.2 Å². The number of nitrogens with one attached hydrogen (secondary N) is 1. The van der Waals surface area contributed by atoms with Gasteiger partial charge in [-0.15, -0.1) is 0 Å². The van der Waals surface area contributed by atoms with Crippen molar-refractivity contribution in [2.75, 3.05) is 5.32 Å². The third kappa shape index (κ3) is 4.42. The summed E-state index contributed by atoms with van der Waals surface area (Å²) in [5, 5.41) is 2.58. The van der Waals surface area contributed by atoms with E-state index in [1.807, 2.05) is 24.3 Å². The van der Waals surface area contributed by atoms with Crippen LogP contribution in [0.5, 0.6) is 0 Å². The van der Waals surface area contributed by atoms with E-state index in [0.717, 1.165) is 10.0 Å². The number of rotatable bonds is 4. The van der Waals surface area contributed by atoms with E-state index in [1.165, 1.54) is 12.1 Å². The summed E-state index contributed by atoms with van der Waals surface area (Å²) in [6, 6.07) is 12.3. The number of carbonyl (C=O) groups is 1. The number of aryl methyl sites for hydroxylation is 1. The van der Waals surface area contributed by atoms with E-state index >= 15 is 0 Å². The molecule has 2 aromatic rings. The Morgan fingerprint density at radius 2 is 1.85 bits per heavy atom. The molecular formula is C15H12Br2FNO. The minimum absolute atomic E-state index is 0.201. The van der Waals surface area contributed by atoms with Crippen molar-refractivity contribution in [3.63, 3.8) is 0 Å². The van der Waals surface area contributed by atoms with Crippen LogP contribution in [0.25, 0.3) is 0 Å². The lowest BCUT2D eigenvalue weighted by molar-refractivity contribution is -0.116. The second-order valence-corrected chi connectivity index (χ2v) is 6.13. The number of amides is 1. The zero-order valence-corrected chi connectivity index (χ0v) is 13.7. The van der Waals surface area contributed by atoms with E-state index in [2.05, 4.69) is 37.2 Å². The quantitative estimate of drug-likeness (QED) is 0.775. The highest BCUT2D eigenvalue weighted by atomic mass is 79.9. The SMILES string of the molecule is O=C(CCc1cccc(Br)c1)Nc1ccc(Br)cc1F. The lowest BCUT2D eigenvalue weighted by Crippen LogP contribution is -2.13. The number of hydrogen-bond acceptors (Lipinski definition) is 1. The average Bonchev–Trinajstić information content (AvgIpc) is 2.40. The molecule has 0 aliphatic carbocycles. The highest BCUT2D eigenvalue weighted by Crippen LogP contribution is 2.20. The highest BCUT2D eigenvalue weighted by Gasteiger charge is 2.07. The summed E-state index contributed by atoms with van der Waals surface area (Å²) in [6.45, 7) is 0. The van der Waals surface area contributed by atoms with Crippen molar-refractivity contribution < 1.29 is 9.18 Å². The molecule has 0 fully saturated rings. The Bertz CT molecular complexity index is 631. The summed E-state index contributed by atoms with van der Waals surface area (Å²) in [4.78, 5) is 11.8. The molecule has 1 N–H and O–H groups in total. The van der Waals surface area contributed by atoms with Crippen molar-refractivity contribution in [1.29, 1.82) is 0 Å². The number of hydrogen-bond donors (Lipinski definition) is 1. The predicted molar refractivity (Wildman–Crippen MR) is 85.2 cm³/mol. The van der Waals surface area contributed by atoms with Gasteiger partial charge in [-0.2, -0.15) is 0 Å². The first-order valence-corrected chi connectivity index (χ1v) is 7.62. The van der Waals surface area contributed by atoms with E-state index in [1.54, 1.807) is 6.07 Å². The van der Waals surface area contributed by atoms with Gasteiger partial charge < -0.3 is 5.32 Å². The van der Waals surface area contributed by atoms with Gasteiger partial charge in [-0.25, -0.2) is 4.39 Å². The Labute approximate surface area is 133 Å². The third-order valence-corrected chi connectivity index (χ3v) is 3.72. The molecule has 2 rings (SSSR count). The van der Waals surface area contributed by atoms with Crippen molar-refractivity contribution in [3.05, 3.63) is 62.8 Å². The van der Waals surface area contributed by atoms with Crippen LogP contribution in [0.2, 0.25) is 0 Å². The molecule has 0 heterocycles. The summed E-state index contributed by atoms with van der Waals surface area (Å²) >= 11 is 6.56. The molecule has 0 saturated carbocycles. The molecule has 1 amide bonds. The van der Waals surface area contributed by atoms with Crippen LogP contribution in [0.1, 0.15) is 12.0 Å². The minimum Gasteiger partial charge on any atom is -0.324 e. The molecule has 2 aromatic carbocycles. The van der Waals surface area contributed by atoms with Gasteiger partial charge in [0, 0.05) is 15.4 Å². The Kier molecular flexibility index (Phi) is 5.31. The molecule has 0 radical (unpaired) electrons. The first kappa shape index (κ1) is 15.2. The van der Waals surface area contributed by atoms with Crippen LogP contribution in [0.3, 0.4) is 0 Å². The topological polar surface area (TPSA) is 29.1 Å². The number of carbonyl (C=O) groups excluding carboxylic acids is 1. The molecule has 0 aromatic heterocycles. The highest BCUT2D eigenvalue weighted by molar-refractivity contribution is 9.10. The number of halogens is 3. The number of benzene rings is 2. The van der Waals surface area contributed by atoms with Crippen LogP contribution >= 0.6 is 31.9 Å². The fourth-order valence-corrected chi connectivity index (χ4v) is 2.53. The summed E-state index contributed by atoms with van der Waals surface area (Å²) in [6.07, 6.45) is 0.926. The first-order chi connectivity index (χ1) is 9.54. The van der Waals surface area contributed by atoms with E-state index in [-0.39, 0.29) is 11.6 Å². The van der Waals surface area contributed by atoms with Gasteiger partial charge >= 0.3 is 0 Å². The monoisotopic (exact) mass is 399 g/mol. The van der Waals surface area contributed by atoms with E-state index in [4.69, 9.17) is 0 Å².